The normalized spacial score (nSPS) is 13.5. The lowest BCUT2D eigenvalue weighted by atomic mass is 10.2. The van der Waals surface area contributed by atoms with Crippen molar-refractivity contribution in [1.82, 2.24) is 15.1 Å². The summed E-state index contributed by atoms with van der Waals surface area (Å²) in [7, 11) is -3.50. The molecule has 1 aromatic carbocycles. The van der Waals surface area contributed by atoms with Crippen molar-refractivity contribution in [2.75, 3.05) is 12.8 Å². The van der Waals surface area contributed by atoms with E-state index in [1.165, 1.54) is 16.8 Å². The van der Waals surface area contributed by atoms with E-state index in [-0.39, 0.29) is 29.1 Å². The number of sulfone groups is 1. The molecule has 0 atom stereocenters. The molecule has 132 valence electrons. The zero-order valence-electron chi connectivity index (χ0n) is 13.9. The van der Waals surface area contributed by atoms with Crippen LogP contribution in [0.1, 0.15) is 28.0 Å². The highest BCUT2D eigenvalue weighted by atomic mass is 32.2. The van der Waals surface area contributed by atoms with Gasteiger partial charge in [-0.25, -0.2) is 13.1 Å². The Labute approximate surface area is 145 Å². The molecule has 8 heteroatoms. The number of aryl methyl sites for hydroxylation is 2. The second-order valence-electron chi connectivity index (χ2n) is 6.06. The molecule has 7 nitrogen and oxygen atoms in total. The van der Waals surface area contributed by atoms with E-state index in [4.69, 9.17) is 0 Å². The maximum absolute atomic E-state index is 12.3. The number of carbonyl (C=O) groups is 1. The molecule has 1 aliphatic carbocycles. The highest BCUT2D eigenvalue weighted by molar-refractivity contribution is 7.90. The van der Waals surface area contributed by atoms with E-state index in [1.54, 1.807) is 18.2 Å². The third kappa shape index (κ3) is 3.79. The van der Waals surface area contributed by atoms with E-state index in [2.05, 4.69) is 10.4 Å². The van der Waals surface area contributed by atoms with Crippen molar-refractivity contribution in [3.8, 4) is 0 Å². The lowest BCUT2D eigenvalue weighted by Crippen LogP contribution is -2.33. The smallest absolute Gasteiger partial charge is 0.267 e. The van der Waals surface area contributed by atoms with E-state index in [9.17, 15) is 18.0 Å². The highest BCUT2D eigenvalue weighted by Gasteiger charge is 2.18. The summed E-state index contributed by atoms with van der Waals surface area (Å²) in [5.74, 6) is -0.491. The van der Waals surface area contributed by atoms with Gasteiger partial charge in [-0.05, 0) is 37.0 Å². The van der Waals surface area contributed by atoms with E-state index in [0.29, 0.717) is 0 Å². The van der Waals surface area contributed by atoms with Crippen molar-refractivity contribution < 1.29 is 13.2 Å². The molecule has 2 aromatic rings. The highest BCUT2D eigenvalue weighted by Crippen LogP contribution is 2.17. The minimum Gasteiger partial charge on any atom is -0.350 e. The molecule has 0 bridgehead atoms. The average molecular weight is 361 g/mol. The first-order valence-electron chi connectivity index (χ1n) is 8.03. The summed E-state index contributed by atoms with van der Waals surface area (Å²) < 4.78 is 24.9. The molecule has 0 spiro atoms. The molecule has 3 rings (SSSR count). The van der Waals surface area contributed by atoms with Crippen LogP contribution in [-0.4, -0.2) is 36.9 Å². The lowest BCUT2D eigenvalue weighted by molar-refractivity contribution is 0.0948. The van der Waals surface area contributed by atoms with E-state index >= 15 is 0 Å². The average Bonchev–Trinajstić information content (AvgIpc) is 3.01. The minimum atomic E-state index is -3.50. The Balaban J connectivity index is 1.70. The van der Waals surface area contributed by atoms with Gasteiger partial charge in [0.2, 0.25) is 0 Å². The molecule has 1 N–H and O–H groups in total. The van der Waals surface area contributed by atoms with Gasteiger partial charge in [0.05, 0.1) is 22.7 Å². The lowest BCUT2D eigenvalue weighted by Gasteiger charge is -2.10. The van der Waals surface area contributed by atoms with Crippen LogP contribution < -0.4 is 10.9 Å². The number of fused-ring (bicyclic) bond motifs is 1. The predicted molar refractivity (Wildman–Crippen MR) is 92.4 cm³/mol. The number of carbonyl (C=O) groups excluding carboxylic acids is 1. The summed E-state index contributed by atoms with van der Waals surface area (Å²) in [6.07, 6.45) is 3.82. The Bertz CT molecular complexity index is 980. The molecule has 0 saturated heterocycles. The number of rotatable bonds is 5. The fourth-order valence-electron chi connectivity index (χ4n) is 2.95. The van der Waals surface area contributed by atoms with Crippen molar-refractivity contribution in [3.05, 3.63) is 57.5 Å². The number of nitrogens with one attached hydrogen (secondary N) is 1. The molecule has 0 unspecified atom stereocenters. The van der Waals surface area contributed by atoms with Crippen LogP contribution in [0.3, 0.4) is 0 Å². The van der Waals surface area contributed by atoms with Crippen molar-refractivity contribution in [1.29, 1.82) is 0 Å². The maximum Gasteiger partial charge on any atom is 0.267 e. The first kappa shape index (κ1) is 17.3. The monoisotopic (exact) mass is 361 g/mol. The van der Waals surface area contributed by atoms with E-state index in [0.717, 1.165) is 36.8 Å². The number of nitrogens with zero attached hydrogens (tertiary/aromatic N) is 2. The molecule has 1 heterocycles. The van der Waals surface area contributed by atoms with Gasteiger partial charge in [0, 0.05) is 18.9 Å². The van der Waals surface area contributed by atoms with Crippen LogP contribution in [0.2, 0.25) is 0 Å². The summed E-state index contributed by atoms with van der Waals surface area (Å²) in [6.45, 7) is 0.418. The SMILES string of the molecule is CS(=O)(=O)c1ccccc1C(=O)NCCn1nc2c(cc1=O)CCC2. The number of hydrogen-bond acceptors (Lipinski definition) is 5. The molecular weight excluding hydrogens is 342 g/mol. The zero-order valence-corrected chi connectivity index (χ0v) is 14.7. The standard InChI is InChI=1S/C17H19N3O4S/c1-25(23,24)15-8-3-2-6-13(15)17(22)18-9-10-20-16(21)11-12-5-4-7-14(12)19-20/h2-3,6,8,11H,4-5,7,9-10H2,1H3,(H,18,22). The Morgan fingerprint density at radius 1 is 1.28 bits per heavy atom. The predicted octanol–water partition coefficient (Wildman–Crippen LogP) is 0.566. The van der Waals surface area contributed by atoms with Gasteiger partial charge in [-0.3, -0.25) is 9.59 Å². The van der Waals surface area contributed by atoms with Gasteiger partial charge in [0.15, 0.2) is 9.84 Å². The van der Waals surface area contributed by atoms with Crippen LogP contribution in [0, 0.1) is 0 Å². The molecule has 0 aliphatic heterocycles. The second-order valence-corrected chi connectivity index (χ2v) is 8.04. The van der Waals surface area contributed by atoms with Crippen LogP contribution in [0.25, 0.3) is 0 Å². The second kappa shape index (κ2) is 6.79. The maximum atomic E-state index is 12.3. The third-order valence-corrected chi connectivity index (χ3v) is 5.32. The number of hydrogen-bond donors (Lipinski definition) is 1. The summed E-state index contributed by atoms with van der Waals surface area (Å²) >= 11 is 0. The summed E-state index contributed by atoms with van der Waals surface area (Å²) in [5.41, 5.74) is 1.85. The fourth-order valence-corrected chi connectivity index (χ4v) is 3.83. The number of benzene rings is 1. The Hall–Kier alpha value is -2.48. The zero-order chi connectivity index (χ0) is 18.0. The molecule has 1 aliphatic rings. The van der Waals surface area contributed by atoms with Crippen LogP contribution in [0.15, 0.2) is 40.0 Å². The molecule has 1 amide bonds. The Kier molecular flexibility index (Phi) is 4.71. The molecule has 25 heavy (non-hydrogen) atoms. The van der Waals surface area contributed by atoms with Crippen LogP contribution in [0.4, 0.5) is 0 Å². The Morgan fingerprint density at radius 3 is 2.80 bits per heavy atom. The van der Waals surface area contributed by atoms with Crippen LogP contribution in [0.5, 0.6) is 0 Å². The first-order chi connectivity index (χ1) is 11.9. The largest absolute Gasteiger partial charge is 0.350 e. The van der Waals surface area contributed by atoms with Gasteiger partial charge in [-0.2, -0.15) is 5.10 Å². The van der Waals surface area contributed by atoms with Gasteiger partial charge in [0.25, 0.3) is 11.5 Å². The van der Waals surface area contributed by atoms with Crippen LogP contribution >= 0.6 is 0 Å². The van der Waals surface area contributed by atoms with Crippen molar-refractivity contribution >= 4 is 15.7 Å². The van der Waals surface area contributed by atoms with Gasteiger partial charge in [0.1, 0.15) is 0 Å². The van der Waals surface area contributed by atoms with Gasteiger partial charge < -0.3 is 5.32 Å². The summed E-state index contributed by atoms with van der Waals surface area (Å²) in [4.78, 5) is 24.3. The van der Waals surface area contributed by atoms with Crippen molar-refractivity contribution in [3.63, 3.8) is 0 Å². The van der Waals surface area contributed by atoms with Crippen molar-refractivity contribution in [2.24, 2.45) is 0 Å². The minimum absolute atomic E-state index is 0.0136. The summed E-state index contributed by atoms with van der Waals surface area (Å²) in [5, 5.41) is 6.99. The quantitative estimate of drug-likeness (QED) is 0.839. The molecular formula is C17H19N3O4S. The number of aromatic nitrogens is 2. The first-order valence-corrected chi connectivity index (χ1v) is 9.92. The molecule has 0 saturated carbocycles. The van der Waals surface area contributed by atoms with Gasteiger partial charge in [-0.1, -0.05) is 12.1 Å². The Morgan fingerprint density at radius 2 is 2.04 bits per heavy atom. The van der Waals surface area contributed by atoms with E-state index in [1.807, 2.05) is 0 Å². The summed E-state index contributed by atoms with van der Waals surface area (Å²) in [6, 6.07) is 7.65. The van der Waals surface area contributed by atoms with Crippen LogP contribution in [-0.2, 0) is 29.2 Å². The third-order valence-electron chi connectivity index (χ3n) is 4.16. The number of amides is 1. The molecule has 0 radical (unpaired) electrons. The van der Waals surface area contributed by atoms with E-state index < -0.39 is 15.7 Å². The molecule has 0 fully saturated rings. The van der Waals surface area contributed by atoms with Gasteiger partial charge >= 0.3 is 0 Å². The molecule has 1 aromatic heterocycles. The van der Waals surface area contributed by atoms with Crippen molar-refractivity contribution in [2.45, 2.75) is 30.7 Å². The fraction of sp³-hybridized carbons (Fsp3) is 0.353. The van der Waals surface area contributed by atoms with Gasteiger partial charge in [-0.15, -0.1) is 0 Å². The topological polar surface area (TPSA) is 98.1 Å².